The molecule has 3 heterocycles. The molecular formula is C22H35ClN4O2. The van der Waals surface area contributed by atoms with E-state index in [1.54, 1.807) is 12.3 Å². The third-order valence-electron chi connectivity index (χ3n) is 5.98. The van der Waals surface area contributed by atoms with Gasteiger partial charge in [-0.05, 0) is 58.1 Å². The van der Waals surface area contributed by atoms with Crippen LogP contribution in [-0.4, -0.2) is 72.6 Å². The molecule has 3 rings (SSSR count). The van der Waals surface area contributed by atoms with Gasteiger partial charge in [0.05, 0.1) is 24.1 Å². The maximum absolute atomic E-state index is 12.0. The van der Waals surface area contributed by atoms with Crippen LogP contribution in [-0.2, 0) is 4.74 Å². The van der Waals surface area contributed by atoms with Gasteiger partial charge in [-0.2, -0.15) is 0 Å². The van der Waals surface area contributed by atoms with Gasteiger partial charge in [0.1, 0.15) is 5.69 Å². The number of pyridine rings is 1. The first-order valence-electron chi connectivity index (χ1n) is 11.0. The number of rotatable bonds is 8. The van der Waals surface area contributed by atoms with Crippen molar-refractivity contribution in [2.45, 2.75) is 64.2 Å². The molecule has 0 saturated carbocycles. The SMILES string of the molecule is CC(C)N1CCC(OC2CCN(c3ccc(C(=O)NCCCCl)nc3)CC2)CC1. The van der Waals surface area contributed by atoms with Crippen LogP contribution in [0.25, 0.3) is 0 Å². The van der Waals surface area contributed by atoms with E-state index in [1.807, 2.05) is 6.07 Å². The van der Waals surface area contributed by atoms with Gasteiger partial charge in [0.15, 0.2) is 0 Å². The molecule has 0 radical (unpaired) electrons. The third kappa shape index (κ3) is 6.56. The molecule has 0 aliphatic carbocycles. The molecule has 0 bridgehead atoms. The Bertz CT molecular complexity index is 624. The Morgan fingerprint density at radius 1 is 1.17 bits per heavy atom. The van der Waals surface area contributed by atoms with Gasteiger partial charge in [0.2, 0.25) is 0 Å². The summed E-state index contributed by atoms with van der Waals surface area (Å²) in [6.45, 7) is 9.36. The molecule has 1 aromatic heterocycles. The number of amides is 1. The van der Waals surface area contributed by atoms with Gasteiger partial charge in [-0.15, -0.1) is 11.6 Å². The van der Waals surface area contributed by atoms with Crippen molar-refractivity contribution in [3.63, 3.8) is 0 Å². The lowest BCUT2D eigenvalue weighted by molar-refractivity contribution is -0.0540. The van der Waals surface area contributed by atoms with E-state index in [2.05, 4.69) is 33.9 Å². The van der Waals surface area contributed by atoms with Crippen molar-refractivity contribution in [2.24, 2.45) is 0 Å². The van der Waals surface area contributed by atoms with Gasteiger partial charge < -0.3 is 19.9 Å². The average Bonchev–Trinajstić information content (AvgIpc) is 2.75. The quantitative estimate of drug-likeness (QED) is 0.514. The molecule has 0 atom stereocenters. The number of hydrogen-bond acceptors (Lipinski definition) is 5. The van der Waals surface area contributed by atoms with Gasteiger partial charge >= 0.3 is 0 Å². The fourth-order valence-electron chi connectivity index (χ4n) is 4.12. The first kappa shape index (κ1) is 22.3. The lowest BCUT2D eigenvalue weighted by atomic mass is 10.0. The number of hydrogen-bond donors (Lipinski definition) is 1. The van der Waals surface area contributed by atoms with Crippen LogP contribution in [0.4, 0.5) is 5.69 Å². The van der Waals surface area contributed by atoms with Gasteiger partial charge in [0.25, 0.3) is 5.91 Å². The molecule has 0 unspecified atom stereocenters. The first-order chi connectivity index (χ1) is 14.1. The number of anilines is 1. The van der Waals surface area contributed by atoms with Crippen LogP contribution in [0.1, 0.15) is 56.4 Å². The van der Waals surface area contributed by atoms with E-state index >= 15 is 0 Å². The summed E-state index contributed by atoms with van der Waals surface area (Å²) in [7, 11) is 0. The number of carbonyl (C=O) groups is 1. The Morgan fingerprint density at radius 3 is 2.38 bits per heavy atom. The number of ether oxygens (including phenoxy) is 1. The Hall–Kier alpha value is -1.37. The van der Waals surface area contributed by atoms with Crippen LogP contribution in [0, 0.1) is 0 Å². The Morgan fingerprint density at radius 2 is 1.83 bits per heavy atom. The number of halogens is 1. The second kappa shape index (κ2) is 11.1. The Balaban J connectivity index is 1.41. The van der Waals surface area contributed by atoms with Crippen LogP contribution in [0.5, 0.6) is 0 Å². The summed E-state index contributed by atoms with van der Waals surface area (Å²) < 4.78 is 6.41. The minimum atomic E-state index is -0.141. The number of piperidine rings is 2. The molecule has 2 saturated heterocycles. The summed E-state index contributed by atoms with van der Waals surface area (Å²) in [5, 5.41) is 2.83. The molecule has 1 N–H and O–H groups in total. The lowest BCUT2D eigenvalue weighted by Gasteiger charge is -2.38. The van der Waals surface area contributed by atoms with E-state index in [1.165, 1.54) is 0 Å². The van der Waals surface area contributed by atoms with Crippen LogP contribution >= 0.6 is 11.6 Å². The minimum absolute atomic E-state index is 0.141. The van der Waals surface area contributed by atoms with E-state index in [-0.39, 0.29) is 5.91 Å². The average molecular weight is 423 g/mol. The number of alkyl halides is 1. The molecule has 0 aromatic carbocycles. The monoisotopic (exact) mass is 422 g/mol. The summed E-state index contributed by atoms with van der Waals surface area (Å²) in [5.41, 5.74) is 1.53. The Labute approximate surface area is 179 Å². The number of carbonyl (C=O) groups excluding carboxylic acids is 1. The van der Waals surface area contributed by atoms with E-state index in [9.17, 15) is 4.79 Å². The van der Waals surface area contributed by atoms with Crippen molar-refractivity contribution in [1.82, 2.24) is 15.2 Å². The van der Waals surface area contributed by atoms with Crippen molar-refractivity contribution >= 4 is 23.2 Å². The summed E-state index contributed by atoms with van der Waals surface area (Å²) >= 11 is 5.64. The van der Waals surface area contributed by atoms with Gasteiger partial charge in [-0.3, -0.25) is 4.79 Å². The maximum atomic E-state index is 12.0. The standard InChI is InChI=1S/C22H35ClN4O2/c1-17(2)26-12-6-19(7-13-26)29-20-8-14-27(15-9-20)18-4-5-21(25-16-18)22(28)24-11-3-10-23/h4-5,16-17,19-20H,3,6-15H2,1-2H3,(H,24,28). The Kier molecular flexibility index (Phi) is 8.57. The zero-order chi connectivity index (χ0) is 20.6. The number of nitrogens with one attached hydrogen (secondary N) is 1. The van der Waals surface area contributed by atoms with Crippen LogP contribution in [0.3, 0.4) is 0 Å². The molecule has 1 aromatic rings. The minimum Gasteiger partial charge on any atom is -0.375 e. The summed E-state index contributed by atoms with van der Waals surface area (Å²) in [4.78, 5) is 21.3. The fourth-order valence-corrected chi connectivity index (χ4v) is 4.25. The third-order valence-corrected chi connectivity index (χ3v) is 6.24. The van der Waals surface area contributed by atoms with Crippen molar-refractivity contribution in [1.29, 1.82) is 0 Å². The summed E-state index contributed by atoms with van der Waals surface area (Å²) in [5.74, 6) is 0.404. The molecule has 162 valence electrons. The molecule has 0 spiro atoms. The fraction of sp³-hybridized carbons (Fsp3) is 0.727. The van der Waals surface area contributed by atoms with Crippen molar-refractivity contribution < 1.29 is 9.53 Å². The predicted octanol–water partition coefficient (Wildman–Crippen LogP) is 3.30. The summed E-state index contributed by atoms with van der Waals surface area (Å²) in [6, 6.07) is 4.43. The van der Waals surface area contributed by atoms with Crippen LogP contribution in [0.2, 0.25) is 0 Å². The van der Waals surface area contributed by atoms with Crippen molar-refractivity contribution in [3.05, 3.63) is 24.0 Å². The normalized spacial score (nSPS) is 19.7. The predicted molar refractivity (Wildman–Crippen MR) is 118 cm³/mol. The van der Waals surface area contributed by atoms with E-state index in [4.69, 9.17) is 16.3 Å². The van der Waals surface area contributed by atoms with Gasteiger partial charge in [0, 0.05) is 44.6 Å². The van der Waals surface area contributed by atoms with E-state index < -0.39 is 0 Å². The molecule has 1 amide bonds. The smallest absolute Gasteiger partial charge is 0.269 e. The van der Waals surface area contributed by atoms with E-state index in [0.717, 1.165) is 64.0 Å². The van der Waals surface area contributed by atoms with Crippen molar-refractivity contribution in [2.75, 3.05) is 43.5 Å². The number of aromatic nitrogens is 1. The zero-order valence-corrected chi connectivity index (χ0v) is 18.5. The highest BCUT2D eigenvalue weighted by Gasteiger charge is 2.26. The van der Waals surface area contributed by atoms with Gasteiger partial charge in [-0.1, -0.05) is 0 Å². The highest BCUT2D eigenvalue weighted by Crippen LogP contribution is 2.24. The summed E-state index contributed by atoms with van der Waals surface area (Å²) in [6.07, 6.45) is 7.74. The zero-order valence-electron chi connectivity index (χ0n) is 17.8. The molecular weight excluding hydrogens is 388 g/mol. The highest BCUT2D eigenvalue weighted by molar-refractivity contribution is 6.17. The molecule has 2 fully saturated rings. The molecule has 2 aliphatic heterocycles. The first-order valence-corrected chi connectivity index (χ1v) is 11.5. The van der Waals surface area contributed by atoms with Gasteiger partial charge in [-0.25, -0.2) is 4.98 Å². The van der Waals surface area contributed by atoms with Crippen LogP contribution in [0.15, 0.2) is 18.3 Å². The van der Waals surface area contributed by atoms with Crippen LogP contribution < -0.4 is 10.2 Å². The topological polar surface area (TPSA) is 57.7 Å². The molecule has 7 heteroatoms. The highest BCUT2D eigenvalue weighted by atomic mass is 35.5. The van der Waals surface area contributed by atoms with Crippen molar-refractivity contribution in [3.8, 4) is 0 Å². The lowest BCUT2D eigenvalue weighted by Crippen LogP contribution is -2.43. The molecule has 2 aliphatic rings. The second-order valence-corrected chi connectivity index (χ2v) is 8.73. The largest absolute Gasteiger partial charge is 0.375 e. The number of likely N-dealkylation sites (tertiary alicyclic amines) is 1. The number of nitrogens with zero attached hydrogens (tertiary/aromatic N) is 3. The van der Waals surface area contributed by atoms with E-state index in [0.29, 0.717) is 36.4 Å². The maximum Gasteiger partial charge on any atom is 0.269 e. The molecule has 29 heavy (non-hydrogen) atoms. The molecule has 6 nitrogen and oxygen atoms in total. The second-order valence-electron chi connectivity index (χ2n) is 8.35.